The maximum absolute atomic E-state index is 13.3. The summed E-state index contributed by atoms with van der Waals surface area (Å²) in [6.07, 6.45) is -3.77. The third-order valence-corrected chi connectivity index (χ3v) is 7.18. The molecule has 0 atom stereocenters. The zero-order chi connectivity index (χ0) is 22.4. The molecule has 0 spiro atoms. The average molecular weight is 455 g/mol. The molecule has 168 valence electrons. The molecule has 0 aliphatic carbocycles. The minimum Gasteiger partial charge on any atom is -0.495 e. The molecule has 0 bridgehead atoms. The number of rotatable bonds is 5. The van der Waals surface area contributed by atoms with Gasteiger partial charge >= 0.3 is 6.29 Å². The third kappa shape index (κ3) is 4.07. The van der Waals surface area contributed by atoms with Gasteiger partial charge in [-0.15, -0.1) is 8.78 Å². The van der Waals surface area contributed by atoms with Crippen molar-refractivity contribution >= 4 is 21.4 Å². The van der Waals surface area contributed by atoms with Gasteiger partial charge < -0.3 is 24.0 Å². The van der Waals surface area contributed by atoms with Gasteiger partial charge in [0, 0.05) is 39.3 Å². The van der Waals surface area contributed by atoms with E-state index in [4.69, 9.17) is 4.74 Å². The van der Waals surface area contributed by atoms with E-state index in [9.17, 15) is 17.2 Å². The summed E-state index contributed by atoms with van der Waals surface area (Å²) in [5.41, 5.74) is 0.854. The number of hydrogen-bond donors (Lipinski definition) is 0. The summed E-state index contributed by atoms with van der Waals surface area (Å²) in [4.78, 5) is 4.34. The second-order valence-corrected chi connectivity index (χ2v) is 9.36. The summed E-state index contributed by atoms with van der Waals surface area (Å²) >= 11 is 0. The standard InChI is InChI=1S/C20H23F2N3O5S/c1-23-8-10-25(11-9-23)16-13-15(5-7-17(16)28-3)31(26,27)24(2)14-4-6-18-19(12-14)30-20(21,22)29-18/h4-7,12-13H,8-11H2,1-3H3. The second kappa shape index (κ2) is 7.72. The van der Waals surface area contributed by atoms with Gasteiger partial charge in [0.25, 0.3) is 10.0 Å². The van der Waals surface area contributed by atoms with Crippen molar-refractivity contribution < 1.29 is 31.4 Å². The first-order valence-electron chi connectivity index (χ1n) is 9.61. The minimum atomic E-state index is -3.98. The first kappa shape index (κ1) is 21.4. The molecule has 4 rings (SSSR count). The summed E-state index contributed by atoms with van der Waals surface area (Å²) in [5.74, 6) is 0.204. The van der Waals surface area contributed by atoms with Gasteiger partial charge in [-0.2, -0.15) is 0 Å². The lowest BCUT2D eigenvalue weighted by atomic mass is 10.2. The number of nitrogens with zero attached hydrogens (tertiary/aromatic N) is 3. The van der Waals surface area contributed by atoms with Crippen LogP contribution in [0, 0.1) is 0 Å². The van der Waals surface area contributed by atoms with Gasteiger partial charge in [-0.3, -0.25) is 4.31 Å². The second-order valence-electron chi connectivity index (χ2n) is 7.40. The Hall–Kier alpha value is -2.79. The van der Waals surface area contributed by atoms with Crippen molar-refractivity contribution in [2.75, 3.05) is 56.6 Å². The molecule has 11 heteroatoms. The van der Waals surface area contributed by atoms with E-state index in [-0.39, 0.29) is 22.1 Å². The Morgan fingerprint density at radius 1 is 1.03 bits per heavy atom. The Morgan fingerprint density at radius 3 is 2.39 bits per heavy atom. The predicted octanol–water partition coefficient (Wildman–Crippen LogP) is 2.59. The zero-order valence-corrected chi connectivity index (χ0v) is 18.2. The Labute approximate surface area is 179 Å². The number of ether oxygens (including phenoxy) is 3. The van der Waals surface area contributed by atoms with Crippen molar-refractivity contribution in [1.29, 1.82) is 0 Å². The smallest absolute Gasteiger partial charge is 0.495 e. The van der Waals surface area contributed by atoms with E-state index in [1.54, 1.807) is 12.1 Å². The van der Waals surface area contributed by atoms with Crippen molar-refractivity contribution in [3.05, 3.63) is 36.4 Å². The number of fused-ring (bicyclic) bond motifs is 1. The molecule has 2 heterocycles. The number of alkyl halides is 2. The number of anilines is 2. The normalized spacial score (nSPS) is 18.2. The summed E-state index contributed by atoms with van der Waals surface area (Å²) in [5, 5.41) is 0. The van der Waals surface area contributed by atoms with Gasteiger partial charge in [-0.05, 0) is 37.4 Å². The molecule has 2 aromatic rings. The molecular formula is C20H23F2N3O5S. The molecule has 2 aliphatic rings. The minimum absolute atomic E-state index is 0.0627. The molecule has 2 aliphatic heterocycles. The Morgan fingerprint density at radius 2 is 1.71 bits per heavy atom. The SMILES string of the molecule is COc1ccc(S(=O)(=O)N(C)c2ccc3c(c2)OC(F)(F)O3)cc1N1CCN(C)CC1. The van der Waals surface area contributed by atoms with Gasteiger partial charge in [0.1, 0.15) is 5.75 Å². The zero-order valence-electron chi connectivity index (χ0n) is 17.3. The summed E-state index contributed by atoms with van der Waals surface area (Å²) in [6.45, 7) is 3.18. The number of sulfonamides is 1. The van der Waals surface area contributed by atoms with Crippen molar-refractivity contribution in [1.82, 2.24) is 4.90 Å². The van der Waals surface area contributed by atoms with Crippen LogP contribution in [0.3, 0.4) is 0 Å². The fraction of sp³-hybridized carbons (Fsp3) is 0.400. The quantitative estimate of drug-likeness (QED) is 0.686. The average Bonchev–Trinajstić information content (AvgIpc) is 3.06. The molecule has 0 radical (unpaired) electrons. The van der Waals surface area contributed by atoms with E-state index < -0.39 is 16.3 Å². The maximum Gasteiger partial charge on any atom is 0.586 e. The predicted molar refractivity (Wildman–Crippen MR) is 111 cm³/mol. The lowest BCUT2D eigenvalue weighted by Gasteiger charge is -2.35. The van der Waals surface area contributed by atoms with Crippen LogP contribution in [0.15, 0.2) is 41.3 Å². The molecule has 0 saturated carbocycles. The van der Waals surface area contributed by atoms with Crippen molar-refractivity contribution in [2.45, 2.75) is 11.2 Å². The number of likely N-dealkylation sites (N-methyl/N-ethyl adjacent to an activating group) is 1. The molecule has 0 N–H and O–H groups in total. The Kier molecular flexibility index (Phi) is 5.34. The molecule has 0 aromatic heterocycles. The highest BCUT2D eigenvalue weighted by molar-refractivity contribution is 7.92. The van der Waals surface area contributed by atoms with Crippen LogP contribution in [-0.4, -0.2) is 67.0 Å². The highest BCUT2D eigenvalue weighted by atomic mass is 32.2. The topological polar surface area (TPSA) is 71.5 Å². The molecule has 0 unspecified atom stereocenters. The largest absolute Gasteiger partial charge is 0.586 e. The third-order valence-electron chi connectivity index (χ3n) is 5.40. The number of halogens is 2. The maximum atomic E-state index is 13.3. The van der Waals surface area contributed by atoms with Crippen LogP contribution in [0.25, 0.3) is 0 Å². The van der Waals surface area contributed by atoms with Crippen molar-refractivity contribution in [3.63, 3.8) is 0 Å². The molecule has 31 heavy (non-hydrogen) atoms. The first-order valence-corrected chi connectivity index (χ1v) is 11.0. The van der Waals surface area contributed by atoms with Crippen LogP contribution in [0.2, 0.25) is 0 Å². The van der Waals surface area contributed by atoms with Crippen LogP contribution in [0.4, 0.5) is 20.2 Å². The summed E-state index contributed by atoms with van der Waals surface area (Å²) < 4.78 is 68.4. The summed E-state index contributed by atoms with van der Waals surface area (Å²) in [7, 11) is 0.946. The van der Waals surface area contributed by atoms with Gasteiger partial charge in [0.15, 0.2) is 11.5 Å². The molecule has 8 nitrogen and oxygen atoms in total. The van der Waals surface area contributed by atoms with Crippen LogP contribution in [0.5, 0.6) is 17.2 Å². The van der Waals surface area contributed by atoms with E-state index in [1.807, 2.05) is 7.05 Å². The molecule has 1 saturated heterocycles. The van der Waals surface area contributed by atoms with E-state index in [2.05, 4.69) is 19.3 Å². The van der Waals surface area contributed by atoms with E-state index in [0.717, 1.165) is 30.5 Å². The highest BCUT2D eigenvalue weighted by Gasteiger charge is 2.43. The Bertz CT molecular complexity index is 1090. The fourth-order valence-corrected chi connectivity index (χ4v) is 4.76. The lowest BCUT2D eigenvalue weighted by molar-refractivity contribution is -0.286. The number of piperazine rings is 1. The van der Waals surface area contributed by atoms with E-state index in [0.29, 0.717) is 11.4 Å². The van der Waals surface area contributed by atoms with Crippen LogP contribution in [-0.2, 0) is 10.0 Å². The van der Waals surface area contributed by atoms with Crippen LogP contribution in [0.1, 0.15) is 0 Å². The number of methoxy groups -OCH3 is 1. The lowest BCUT2D eigenvalue weighted by Crippen LogP contribution is -2.44. The van der Waals surface area contributed by atoms with Gasteiger partial charge in [-0.1, -0.05) is 0 Å². The van der Waals surface area contributed by atoms with Gasteiger partial charge in [0.2, 0.25) is 0 Å². The van der Waals surface area contributed by atoms with Crippen LogP contribution < -0.4 is 23.4 Å². The molecule has 2 aromatic carbocycles. The number of benzene rings is 2. The fourth-order valence-electron chi connectivity index (χ4n) is 3.56. The van der Waals surface area contributed by atoms with Crippen molar-refractivity contribution in [2.24, 2.45) is 0 Å². The molecule has 0 amide bonds. The van der Waals surface area contributed by atoms with E-state index >= 15 is 0 Å². The van der Waals surface area contributed by atoms with Crippen LogP contribution >= 0.6 is 0 Å². The summed E-state index contributed by atoms with van der Waals surface area (Å²) in [6, 6.07) is 8.50. The van der Waals surface area contributed by atoms with Gasteiger partial charge in [-0.25, -0.2) is 8.42 Å². The monoisotopic (exact) mass is 455 g/mol. The first-order chi connectivity index (χ1) is 14.6. The number of hydrogen-bond acceptors (Lipinski definition) is 7. The van der Waals surface area contributed by atoms with Crippen molar-refractivity contribution in [3.8, 4) is 17.2 Å². The molecule has 1 fully saturated rings. The Balaban J connectivity index is 1.65. The van der Waals surface area contributed by atoms with Gasteiger partial charge in [0.05, 0.1) is 23.4 Å². The molecular weight excluding hydrogens is 432 g/mol. The van der Waals surface area contributed by atoms with E-state index in [1.165, 1.54) is 38.4 Å². The highest BCUT2D eigenvalue weighted by Crippen LogP contribution is 2.43.